The van der Waals surface area contributed by atoms with Crippen molar-refractivity contribution in [3.05, 3.63) is 82.3 Å². The van der Waals surface area contributed by atoms with Gasteiger partial charge in [0.05, 0.1) is 4.90 Å². The maximum atomic E-state index is 13.6. The smallest absolute Gasteiger partial charge is 0.254 e. The Labute approximate surface area is 206 Å². The molecular formula is C26H30N6O2S. The monoisotopic (exact) mass is 490 g/mol. The molecule has 0 atom stereocenters. The number of anilines is 1. The predicted octanol–water partition coefficient (Wildman–Crippen LogP) is 3.46. The minimum absolute atomic E-state index is 0.400. The summed E-state index contributed by atoms with van der Waals surface area (Å²) in [6.07, 6.45) is 2.23. The van der Waals surface area contributed by atoms with Gasteiger partial charge in [-0.3, -0.25) is 0 Å². The summed E-state index contributed by atoms with van der Waals surface area (Å²) in [5.41, 5.74) is 5.83. The van der Waals surface area contributed by atoms with Crippen molar-refractivity contribution in [2.24, 2.45) is 0 Å². The molecule has 0 saturated carbocycles. The van der Waals surface area contributed by atoms with Crippen LogP contribution in [0.1, 0.15) is 33.5 Å². The molecule has 0 bridgehead atoms. The zero-order chi connectivity index (χ0) is 24.7. The molecule has 4 aromatic rings. The number of aryl methyl sites for hydroxylation is 4. The van der Waals surface area contributed by atoms with E-state index in [1.807, 2.05) is 58.0 Å². The van der Waals surface area contributed by atoms with Crippen molar-refractivity contribution in [2.75, 3.05) is 31.1 Å². The molecule has 3 heterocycles. The SMILES string of the molecule is Cc1cc(C)c(S(=O)(=O)N2CCN(c3c(Cc4ccccc4)c(C)nc4ncnn34)CC2)c(C)c1. The van der Waals surface area contributed by atoms with E-state index in [0.717, 1.165) is 33.8 Å². The topological polar surface area (TPSA) is 83.7 Å². The van der Waals surface area contributed by atoms with E-state index in [4.69, 9.17) is 0 Å². The Hall–Kier alpha value is -3.30. The summed E-state index contributed by atoms with van der Waals surface area (Å²) in [5, 5.41) is 4.45. The lowest BCUT2D eigenvalue weighted by molar-refractivity contribution is 0.382. The molecule has 5 rings (SSSR count). The quantitative estimate of drug-likeness (QED) is 0.426. The molecule has 1 saturated heterocycles. The predicted molar refractivity (Wildman–Crippen MR) is 136 cm³/mol. The lowest BCUT2D eigenvalue weighted by atomic mass is 10.0. The minimum Gasteiger partial charge on any atom is -0.354 e. The zero-order valence-electron chi connectivity index (χ0n) is 20.6. The van der Waals surface area contributed by atoms with Gasteiger partial charge in [-0.2, -0.15) is 18.9 Å². The van der Waals surface area contributed by atoms with Crippen LogP contribution in [0.4, 0.5) is 5.82 Å². The van der Waals surface area contributed by atoms with Crippen LogP contribution in [-0.2, 0) is 16.4 Å². The summed E-state index contributed by atoms with van der Waals surface area (Å²) in [7, 11) is -3.58. The largest absolute Gasteiger partial charge is 0.354 e. The van der Waals surface area contributed by atoms with Gasteiger partial charge in [-0.1, -0.05) is 48.0 Å². The minimum atomic E-state index is -3.58. The number of benzene rings is 2. The molecular weight excluding hydrogens is 460 g/mol. The molecule has 0 amide bonds. The summed E-state index contributed by atoms with van der Waals surface area (Å²) < 4.78 is 30.6. The molecule has 1 aliphatic heterocycles. The first-order valence-corrected chi connectivity index (χ1v) is 13.3. The summed E-state index contributed by atoms with van der Waals surface area (Å²) in [6.45, 7) is 9.66. The molecule has 0 unspecified atom stereocenters. The van der Waals surface area contributed by atoms with Gasteiger partial charge in [0.1, 0.15) is 12.1 Å². The Morgan fingerprint density at radius 1 is 0.914 bits per heavy atom. The second-order valence-electron chi connectivity index (χ2n) is 9.25. The van der Waals surface area contributed by atoms with E-state index in [1.165, 1.54) is 11.9 Å². The highest BCUT2D eigenvalue weighted by atomic mass is 32.2. The number of fused-ring (bicyclic) bond motifs is 1. The van der Waals surface area contributed by atoms with Crippen LogP contribution in [0.2, 0.25) is 0 Å². The van der Waals surface area contributed by atoms with E-state index in [0.29, 0.717) is 43.3 Å². The molecule has 1 aliphatic rings. The molecule has 0 radical (unpaired) electrons. The van der Waals surface area contributed by atoms with Crippen LogP contribution >= 0.6 is 0 Å². The van der Waals surface area contributed by atoms with Crippen LogP contribution in [-0.4, -0.2) is 58.5 Å². The third kappa shape index (κ3) is 4.30. The third-order valence-corrected chi connectivity index (χ3v) is 8.87. The van der Waals surface area contributed by atoms with Crippen LogP contribution in [0, 0.1) is 27.7 Å². The van der Waals surface area contributed by atoms with E-state index >= 15 is 0 Å². The third-order valence-electron chi connectivity index (χ3n) is 6.67. The van der Waals surface area contributed by atoms with Gasteiger partial charge in [-0.25, -0.2) is 13.4 Å². The standard InChI is InChI=1S/C26H30N6O2S/c1-18-14-19(2)24(20(3)15-18)35(33,34)31-12-10-30(11-13-31)25-23(16-22-8-6-5-7-9-22)21(4)29-26-27-17-28-32(25)26/h5-9,14-15,17H,10-13,16H2,1-4H3. The van der Waals surface area contributed by atoms with Gasteiger partial charge < -0.3 is 4.90 Å². The van der Waals surface area contributed by atoms with Gasteiger partial charge in [0.25, 0.3) is 5.78 Å². The van der Waals surface area contributed by atoms with Crippen LogP contribution < -0.4 is 4.90 Å². The summed E-state index contributed by atoms with van der Waals surface area (Å²) >= 11 is 0. The molecule has 0 aliphatic carbocycles. The van der Waals surface area contributed by atoms with Crippen LogP contribution in [0.25, 0.3) is 5.78 Å². The number of rotatable bonds is 5. The maximum Gasteiger partial charge on any atom is 0.254 e. The second-order valence-corrected chi connectivity index (χ2v) is 11.1. The molecule has 9 heteroatoms. The van der Waals surface area contributed by atoms with E-state index < -0.39 is 10.0 Å². The van der Waals surface area contributed by atoms with E-state index in [1.54, 1.807) is 8.82 Å². The highest BCUT2D eigenvalue weighted by Gasteiger charge is 2.32. The normalized spacial score (nSPS) is 15.1. The first-order valence-electron chi connectivity index (χ1n) is 11.8. The van der Waals surface area contributed by atoms with Crippen LogP contribution in [0.5, 0.6) is 0 Å². The van der Waals surface area contributed by atoms with Gasteiger partial charge in [-0.05, 0) is 44.4 Å². The van der Waals surface area contributed by atoms with Crippen LogP contribution in [0.3, 0.4) is 0 Å². The summed E-state index contributed by atoms with van der Waals surface area (Å²) in [5.74, 6) is 1.49. The van der Waals surface area contributed by atoms with Crippen molar-refractivity contribution in [3.63, 3.8) is 0 Å². The van der Waals surface area contributed by atoms with E-state index in [9.17, 15) is 8.42 Å². The average Bonchev–Trinajstić information content (AvgIpc) is 3.27. The number of hydrogen-bond acceptors (Lipinski definition) is 6. The Kier molecular flexibility index (Phi) is 6.06. The van der Waals surface area contributed by atoms with Crippen molar-refractivity contribution in [1.29, 1.82) is 0 Å². The molecule has 0 N–H and O–H groups in total. The molecule has 2 aromatic heterocycles. The number of nitrogens with zero attached hydrogens (tertiary/aromatic N) is 6. The zero-order valence-corrected chi connectivity index (χ0v) is 21.4. The Balaban J connectivity index is 1.47. The molecule has 1 fully saturated rings. The average molecular weight is 491 g/mol. The van der Waals surface area contributed by atoms with Crippen LogP contribution in [0.15, 0.2) is 53.7 Å². The number of hydrogen-bond donors (Lipinski definition) is 0. The molecule has 2 aromatic carbocycles. The fourth-order valence-corrected chi connectivity index (χ4v) is 6.98. The maximum absolute atomic E-state index is 13.6. The van der Waals surface area contributed by atoms with Gasteiger partial charge in [0.2, 0.25) is 10.0 Å². The highest BCUT2D eigenvalue weighted by molar-refractivity contribution is 7.89. The summed E-state index contributed by atoms with van der Waals surface area (Å²) in [6, 6.07) is 14.2. The lowest BCUT2D eigenvalue weighted by Gasteiger charge is -2.36. The van der Waals surface area contributed by atoms with E-state index in [2.05, 4.69) is 32.1 Å². The second kappa shape index (κ2) is 9.05. The molecule has 182 valence electrons. The van der Waals surface area contributed by atoms with Gasteiger partial charge in [-0.15, -0.1) is 0 Å². The molecule has 0 spiro atoms. The lowest BCUT2D eigenvalue weighted by Crippen LogP contribution is -2.49. The first kappa shape index (κ1) is 23.4. The van der Waals surface area contributed by atoms with Gasteiger partial charge in [0, 0.05) is 43.9 Å². The van der Waals surface area contributed by atoms with Gasteiger partial charge >= 0.3 is 0 Å². The Morgan fingerprint density at radius 3 is 2.23 bits per heavy atom. The number of sulfonamides is 1. The van der Waals surface area contributed by atoms with Crippen molar-refractivity contribution in [2.45, 2.75) is 39.0 Å². The summed E-state index contributed by atoms with van der Waals surface area (Å²) in [4.78, 5) is 11.6. The van der Waals surface area contributed by atoms with E-state index in [-0.39, 0.29) is 0 Å². The molecule has 8 nitrogen and oxygen atoms in total. The van der Waals surface area contributed by atoms with Gasteiger partial charge in [0.15, 0.2) is 0 Å². The highest BCUT2D eigenvalue weighted by Crippen LogP contribution is 2.30. The fraction of sp³-hybridized carbons (Fsp3) is 0.346. The van der Waals surface area contributed by atoms with Crippen molar-refractivity contribution in [3.8, 4) is 0 Å². The van der Waals surface area contributed by atoms with Crippen molar-refractivity contribution in [1.82, 2.24) is 23.9 Å². The number of piperazine rings is 1. The molecule has 35 heavy (non-hydrogen) atoms. The Morgan fingerprint density at radius 2 is 1.57 bits per heavy atom. The van der Waals surface area contributed by atoms with Crippen molar-refractivity contribution < 1.29 is 8.42 Å². The van der Waals surface area contributed by atoms with Crippen molar-refractivity contribution >= 4 is 21.6 Å². The number of aromatic nitrogens is 4. The Bertz CT molecular complexity index is 1470. The first-order chi connectivity index (χ1) is 16.8. The fourth-order valence-electron chi connectivity index (χ4n) is 5.14.